The topological polar surface area (TPSA) is 46.3 Å². The van der Waals surface area contributed by atoms with Crippen LogP contribution in [0.2, 0.25) is 0 Å². The van der Waals surface area contributed by atoms with Crippen molar-refractivity contribution < 1.29 is 13.6 Å². The van der Waals surface area contributed by atoms with Crippen LogP contribution in [0.4, 0.5) is 8.78 Å². The Bertz CT molecular complexity index is 285. The van der Waals surface area contributed by atoms with Crippen LogP contribution < -0.4 is 5.73 Å². The van der Waals surface area contributed by atoms with E-state index in [1.807, 2.05) is 4.90 Å². The van der Waals surface area contributed by atoms with Crippen molar-refractivity contribution in [2.75, 3.05) is 19.6 Å². The molecule has 1 saturated carbocycles. The smallest absolute Gasteiger partial charge is 0.248 e. The molecule has 1 amide bonds. The first kappa shape index (κ1) is 16.3. The SMILES string of the molecule is CC(C)CN(CCCN)C(=O)C1CCC(F)(F)CC1. The molecule has 0 unspecified atom stereocenters. The number of amides is 1. The summed E-state index contributed by atoms with van der Waals surface area (Å²) in [5.74, 6) is -2.38. The zero-order valence-corrected chi connectivity index (χ0v) is 12.0. The van der Waals surface area contributed by atoms with Gasteiger partial charge in [-0.05, 0) is 31.7 Å². The normalized spacial score (nSPS) is 19.7. The van der Waals surface area contributed by atoms with Gasteiger partial charge in [0.25, 0.3) is 0 Å². The molecule has 3 nitrogen and oxygen atoms in total. The number of hydrogen-bond acceptors (Lipinski definition) is 2. The molecule has 0 heterocycles. The van der Waals surface area contributed by atoms with Crippen LogP contribution in [-0.2, 0) is 4.79 Å². The van der Waals surface area contributed by atoms with Crippen molar-refractivity contribution in [3.05, 3.63) is 0 Å². The summed E-state index contributed by atoms with van der Waals surface area (Å²) in [4.78, 5) is 14.2. The van der Waals surface area contributed by atoms with Crippen molar-refractivity contribution >= 4 is 5.91 Å². The van der Waals surface area contributed by atoms with Gasteiger partial charge in [-0.15, -0.1) is 0 Å². The average Bonchev–Trinajstić information content (AvgIpc) is 2.33. The van der Waals surface area contributed by atoms with Crippen molar-refractivity contribution in [3.8, 4) is 0 Å². The number of halogens is 2. The van der Waals surface area contributed by atoms with Crippen LogP contribution >= 0.6 is 0 Å². The number of alkyl halides is 2. The lowest BCUT2D eigenvalue weighted by molar-refractivity contribution is -0.140. The molecule has 112 valence electrons. The van der Waals surface area contributed by atoms with E-state index in [0.29, 0.717) is 38.4 Å². The largest absolute Gasteiger partial charge is 0.342 e. The Morgan fingerprint density at radius 1 is 1.37 bits per heavy atom. The van der Waals surface area contributed by atoms with E-state index in [4.69, 9.17) is 5.73 Å². The molecule has 0 radical (unpaired) electrons. The van der Waals surface area contributed by atoms with Crippen LogP contribution in [-0.4, -0.2) is 36.4 Å². The van der Waals surface area contributed by atoms with Crippen LogP contribution in [0.3, 0.4) is 0 Å². The highest BCUT2D eigenvalue weighted by Crippen LogP contribution is 2.36. The van der Waals surface area contributed by atoms with Gasteiger partial charge >= 0.3 is 0 Å². The summed E-state index contributed by atoms with van der Waals surface area (Å²) in [6.45, 7) is 5.98. The van der Waals surface area contributed by atoms with Crippen molar-refractivity contribution in [2.45, 2.75) is 51.9 Å². The van der Waals surface area contributed by atoms with Crippen molar-refractivity contribution in [1.29, 1.82) is 0 Å². The van der Waals surface area contributed by atoms with Gasteiger partial charge in [0.2, 0.25) is 11.8 Å². The Kier molecular flexibility index (Phi) is 6.17. The molecule has 0 aromatic heterocycles. The van der Waals surface area contributed by atoms with Crippen LogP contribution in [0.5, 0.6) is 0 Å². The summed E-state index contributed by atoms with van der Waals surface area (Å²) in [6, 6.07) is 0. The second kappa shape index (κ2) is 7.17. The first-order valence-corrected chi connectivity index (χ1v) is 7.22. The van der Waals surface area contributed by atoms with Crippen LogP contribution in [0, 0.1) is 11.8 Å². The predicted octanol–water partition coefficient (Wildman–Crippen LogP) is 2.65. The molecule has 5 heteroatoms. The molecule has 2 N–H and O–H groups in total. The number of rotatable bonds is 6. The third-order valence-electron chi connectivity index (χ3n) is 3.60. The molecular formula is C14H26F2N2O. The van der Waals surface area contributed by atoms with Gasteiger partial charge in [0, 0.05) is 31.8 Å². The second-order valence-electron chi connectivity index (χ2n) is 5.95. The van der Waals surface area contributed by atoms with Gasteiger partial charge < -0.3 is 10.6 Å². The molecular weight excluding hydrogens is 250 g/mol. The minimum atomic E-state index is -2.57. The third kappa shape index (κ3) is 5.43. The summed E-state index contributed by atoms with van der Waals surface area (Å²) >= 11 is 0. The second-order valence-corrected chi connectivity index (χ2v) is 5.95. The standard InChI is InChI=1S/C14H26F2N2O/c1-11(2)10-18(9-3-8-17)13(19)12-4-6-14(15,16)7-5-12/h11-12H,3-10,17H2,1-2H3. The van der Waals surface area contributed by atoms with Crippen molar-refractivity contribution in [3.63, 3.8) is 0 Å². The summed E-state index contributed by atoms with van der Waals surface area (Å²) in [6.07, 6.45) is 1.07. The summed E-state index contributed by atoms with van der Waals surface area (Å²) in [5, 5.41) is 0. The maximum Gasteiger partial charge on any atom is 0.248 e. The van der Waals surface area contributed by atoms with E-state index in [2.05, 4.69) is 13.8 Å². The lowest BCUT2D eigenvalue weighted by atomic mass is 9.85. The third-order valence-corrected chi connectivity index (χ3v) is 3.60. The Labute approximate surface area is 114 Å². The van der Waals surface area contributed by atoms with E-state index in [0.717, 1.165) is 6.42 Å². The van der Waals surface area contributed by atoms with E-state index < -0.39 is 5.92 Å². The number of carbonyl (C=O) groups excluding carboxylic acids is 1. The fraction of sp³-hybridized carbons (Fsp3) is 0.929. The van der Waals surface area contributed by atoms with Gasteiger partial charge in [-0.1, -0.05) is 13.8 Å². The highest BCUT2D eigenvalue weighted by molar-refractivity contribution is 5.79. The van der Waals surface area contributed by atoms with Crippen LogP contribution in [0.1, 0.15) is 46.0 Å². The molecule has 0 aromatic carbocycles. The molecule has 0 saturated heterocycles. The van der Waals surface area contributed by atoms with Gasteiger partial charge in [0.1, 0.15) is 0 Å². The van der Waals surface area contributed by atoms with E-state index in [9.17, 15) is 13.6 Å². The van der Waals surface area contributed by atoms with Crippen molar-refractivity contribution in [2.24, 2.45) is 17.6 Å². The molecule has 0 aliphatic heterocycles. The number of nitrogens with two attached hydrogens (primary N) is 1. The Morgan fingerprint density at radius 2 is 1.95 bits per heavy atom. The van der Waals surface area contributed by atoms with E-state index in [1.54, 1.807) is 0 Å². The van der Waals surface area contributed by atoms with Crippen LogP contribution in [0.15, 0.2) is 0 Å². The molecule has 0 bridgehead atoms. The van der Waals surface area contributed by atoms with Gasteiger partial charge in [-0.2, -0.15) is 0 Å². The molecule has 19 heavy (non-hydrogen) atoms. The molecule has 1 aliphatic carbocycles. The Balaban J connectivity index is 2.55. The fourth-order valence-corrected chi connectivity index (χ4v) is 2.56. The maximum absolute atomic E-state index is 13.1. The van der Waals surface area contributed by atoms with Crippen LogP contribution in [0.25, 0.3) is 0 Å². The molecule has 1 fully saturated rings. The Morgan fingerprint density at radius 3 is 2.42 bits per heavy atom. The predicted molar refractivity (Wildman–Crippen MR) is 72.0 cm³/mol. The highest BCUT2D eigenvalue weighted by Gasteiger charge is 2.38. The van der Waals surface area contributed by atoms with E-state index >= 15 is 0 Å². The first-order chi connectivity index (χ1) is 8.85. The van der Waals surface area contributed by atoms with Gasteiger partial charge in [-0.25, -0.2) is 8.78 Å². The zero-order valence-electron chi connectivity index (χ0n) is 12.0. The van der Waals surface area contributed by atoms with Crippen molar-refractivity contribution in [1.82, 2.24) is 4.90 Å². The molecule has 1 aliphatic rings. The minimum absolute atomic E-state index is 0.0395. The molecule has 0 aromatic rings. The highest BCUT2D eigenvalue weighted by atomic mass is 19.3. The summed E-state index contributed by atoms with van der Waals surface area (Å²) in [5.41, 5.74) is 5.48. The summed E-state index contributed by atoms with van der Waals surface area (Å²) in [7, 11) is 0. The number of nitrogens with zero attached hydrogens (tertiary/aromatic N) is 1. The fourth-order valence-electron chi connectivity index (χ4n) is 2.56. The Hall–Kier alpha value is -0.710. The quantitative estimate of drug-likeness (QED) is 0.810. The maximum atomic E-state index is 13.1. The van der Waals surface area contributed by atoms with E-state index in [1.165, 1.54) is 0 Å². The minimum Gasteiger partial charge on any atom is -0.342 e. The van der Waals surface area contributed by atoms with Gasteiger partial charge in [-0.3, -0.25) is 4.79 Å². The summed E-state index contributed by atoms with van der Waals surface area (Å²) < 4.78 is 26.2. The number of carbonyl (C=O) groups is 1. The zero-order chi connectivity index (χ0) is 14.5. The van der Waals surface area contributed by atoms with Gasteiger partial charge in [0.05, 0.1) is 0 Å². The number of hydrogen-bond donors (Lipinski definition) is 1. The monoisotopic (exact) mass is 276 g/mol. The molecule has 1 rings (SSSR count). The van der Waals surface area contributed by atoms with Gasteiger partial charge in [0.15, 0.2) is 0 Å². The molecule has 0 spiro atoms. The lowest BCUT2D eigenvalue weighted by Crippen LogP contribution is -2.42. The van der Waals surface area contributed by atoms with E-state index in [-0.39, 0.29) is 24.7 Å². The first-order valence-electron chi connectivity index (χ1n) is 7.22. The molecule has 0 atom stereocenters. The lowest BCUT2D eigenvalue weighted by Gasteiger charge is -2.33. The average molecular weight is 276 g/mol.